The largest absolute Gasteiger partial charge is 0.381 e. The highest BCUT2D eigenvalue weighted by Crippen LogP contribution is 2.60. The highest BCUT2D eigenvalue weighted by molar-refractivity contribution is 7.10. The van der Waals surface area contributed by atoms with E-state index in [0.29, 0.717) is 10.8 Å². The first kappa shape index (κ1) is 14.6. The number of hydrogen-bond acceptors (Lipinski definition) is 3. The molecule has 2 nitrogen and oxygen atoms in total. The topological polar surface area (TPSA) is 21.3 Å². The van der Waals surface area contributed by atoms with Crippen LogP contribution in [0.15, 0.2) is 17.5 Å². The van der Waals surface area contributed by atoms with E-state index in [-0.39, 0.29) is 0 Å². The summed E-state index contributed by atoms with van der Waals surface area (Å²) in [6.07, 6.45) is 5.25. The molecule has 0 atom stereocenters. The Morgan fingerprint density at radius 1 is 1.30 bits per heavy atom. The SMILES string of the molecule is CC(C)CNCC1(c2cccs2)CC2(CCOCC2)C1. The lowest BCUT2D eigenvalue weighted by atomic mass is 9.49. The fourth-order valence-electron chi connectivity index (χ4n) is 4.11. The van der Waals surface area contributed by atoms with Crippen molar-refractivity contribution in [3.63, 3.8) is 0 Å². The Bertz CT molecular complexity index is 412. The highest BCUT2D eigenvalue weighted by Gasteiger charge is 2.55. The Labute approximate surface area is 126 Å². The Balaban J connectivity index is 1.67. The van der Waals surface area contributed by atoms with Gasteiger partial charge in [0.25, 0.3) is 0 Å². The summed E-state index contributed by atoms with van der Waals surface area (Å²) in [6, 6.07) is 4.55. The van der Waals surface area contributed by atoms with Crippen LogP contribution in [0, 0.1) is 11.3 Å². The second kappa shape index (κ2) is 5.78. The second-order valence-electron chi connectivity index (χ2n) is 7.25. The molecule has 20 heavy (non-hydrogen) atoms. The van der Waals surface area contributed by atoms with Crippen LogP contribution in [0.25, 0.3) is 0 Å². The number of thiophene rings is 1. The molecule has 1 saturated heterocycles. The van der Waals surface area contributed by atoms with Crippen LogP contribution in [0.3, 0.4) is 0 Å². The van der Waals surface area contributed by atoms with Gasteiger partial charge in [-0.3, -0.25) is 0 Å². The molecular weight excluding hydrogens is 266 g/mol. The molecule has 112 valence electrons. The van der Waals surface area contributed by atoms with E-state index < -0.39 is 0 Å². The van der Waals surface area contributed by atoms with Gasteiger partial charge in [-0.05, 0) is 55.0 Å². The van der Waals surface area contributed by atoms with E-state index in [1.54, 1.807) is 4.88 Å². The predicted octanol–water partition coefficient (Wildman–Crippen LogP) is 3.82. The van der Waals surface area contributed by atoms with Crippen molar-refractivity contribution >= 4 is 11.3 Å². The standard InChI is InChI=1S/C17H27NOS/c1-14(2)10-18-13-17(15-4-3-9-20-15)11-16(12-17)5-7-19-8-6-16/h3-4,9,14,18H,5-8,10-13H2,1-2H3. The predicted molar refractivity (Wildman–Crippen MR) is 85.4 cm³/mol. The molecule has 2 aliphatic rings. The molecule has 1 aliphatic carbocycles. The van der Waals surface area contributed by atoms with Gasteiger partial charge in [0.1, 0.15) is 0 Å². The molecule has 0 radical (unpaired) electrons. The summed E-state index contributed by atoms with van der Waals surface area (Å²) in [5.41, 5.74) is 0.988. The van der Waals surface area contributed by atoms with Crippen molar-refractivity contribution < 1.29 is 4.74 Å². The molecule has 3 rings (SSSR count). The van der Waals surface area contributed by atoms with Crippen LogP contribution >= 0.6 is 11.3 Å². The molecule has 0 aromatic carbocycles. The minimum absolute atomic E-state index is 0.403. The van der Waals surface area contributed by atoms with Crippen molar-refractivity contribution in [1.29, 1.82) is 0 Å². The lowest BCUT2D eigenvalue weighted by molar-refractivity contribution is -0.0727. The summed E-state index contributed by atoms with van der Waals surface area (Å²) >= 11 is 1.94. The molecule has 1 aromatic rings. The van der Waals surface area contributed by atoms with Gasteiger partial charge < -0.3 is 10.1 Å². The van der Waals surface area contributed by atoms with Gasteiger partial charge in [-0.1, -0.05) is 19.9 Å². The average molecular weight is 293 g/mol. The fraction of sp³-hybridized carbons (Fsp3) is 0.765. The fourth-order valence-corrected chi connectivity index (χ4v) is 5.04. The average Bonchev–Trinajstić information content (AvgIpc) is 2.91. The van der Waals surface area contributed by atoms with Crippen LogP contribution in [0.5, 0.6) is 0 Å². The molecule has 3 heteroatoms. The first-order valence-corrected chi connectivity index (χ1v) is 8.85. The van der Waals surface area contributed by atoms with E-state index in [1.807, 2.05) is 11.3 Å². The summed E-state index contributed by atoms with van der Waals surface area (Å²) in [4.78, 5) is 1.59. The monoisotopic (exact) mass is 293 g/mol. The summed E-state index contributed by atoms with van der Waals surface area (Å²) in [5.74, 6) is 0.729. The van der Waals surface area contributed by atoms with Crippen LogP contribution in [-0.2, 0) is 10.2 Å². The molecule has 2 fully saturated rings. The molecular formula is C17H27NOS. The summed E-state index contributed by atoms with van der Waals surface area (Å²) in [6.45, 7) is 8.79. The number of rotatable bonds is 5. The quantitative estimate of drug-likeness (QED) is 0.891. The van der Waals surface area contributed by atoms with Gasteiger partial charge in [-0.15, -0.1) is 11.3 Å². The maximum Gasteiger partial charge on any atom is 0.0471 e. The van der Waals surface area contributed by atoms with Crippen LogP contribution in [0.2, 0.25) is 0 Å². The summed E-state index contributed by atoms with van der Waals surface area (Å²) in [5, 5.41) is 5.94. The Kier molecular flexibility index (Phi) is 4.21. The van der Waals surface area contributed by atoms with Gasteiger partial charge >= 0.3 is 0 Å². The highest BCUT2D eigenvalue weighted by atomic mass is 32.1. The van der Waals surface area contributed by atoms with Crippen LogP contribution < -0.4 is 5.32 Å². The zero-order valence-electron chi connectivity index (χ0n) is 12.8. The van der Waals surface area contributed by atoms with Crippen LogP contribution in [-0.4, -0.2) is 26.3 Å². The van der Waals surface area contributed by atoms with Gasteiger partial charge in [0.15, 0.2) is 0 Å². The lowest BCUT2D eigenvalue weighted by Crippen LogP contribution is -2.56. The first-order chi connectivity index (χ1) is 9.64. The van der Waals surface area contributed by atoms with Crippen molar-refractivity contribution in [3.8, 4) is 0 Å². The second-order valence-corrected chi connectivity index (χ2v) is 8.20. The van der Waals surface area contributed by atoms with Crippen molar-refractivity contribution in [3.05, 3.63) is 22.4 Å². The van der Waals surface area contributed by atoms with E-state index in [0.717, 1.165) is 32.2 Å². The third-order valence-electron chi connectivity index (χ3n) is 5.04. The van der Waals surface area contributed by atoms with Crippen molar-refractivity contribution in [2.75, 3.05) is 26.3 Å². The summed E-state index contributed by atoms with van der Waals surface area (Å²) in [7, 11) is 0. The Morgan fingerprint density at radius 3 is 2.65 bits per heavy atom. The first-order valence-electron chi connectivity index (χ1n) is 7.97. The minimum atomic E-state index is 0.403. The molecule has 0 unspecified atom stereocenters. The van der Waals surface area contributed by atoms with Crippen molar-refractivity contribution in [2.24, 2.45) is 11.3 Å². The lowest BCUT2D eigenvalue weighted by Gasteiger charge is -2.58. The zero-order chi connectivity index (χ0) is 14.1. The minimum Gasteiger partial charge on any atom is -0.381 e. The van der Waals surface area contributed by atoms with E-state index in [1.165, 1.54) is 25.7 Å². The molecule has 1 aliphatic heterocycles. The van der Waals surface area contributed by atoms with E-state index in [9.17, 15) is 0 Å². The van der Waals surface area contributed by atoms with Gasteiger partial charge in [-0.2, -0.15) is 0 Å². The molecule has 1 N–H and O–H groups in total. The van der Waals surface area contributed by atoms with E-state index in [2.05, 4.69) is 36.7 Å². The Morgan fingerprint density at radius 2 is 2.05 bits per heavy atom. The van der Waals surface area contributed by atoms with Gasteiger partial charge in [-0.25, -0.2) is 0 Å². The molecule has 1 aromatic heterocycles. The number of nitrogens with one attached hydrogen (secondary N) is 1. The van der Waals surface area contributed by atoms with E-state index >= 15 is 0 Å². The maximum absolute atomic E-state index is 5.56. The maximum atomic E-state index is 5.56. The number of hydrogen-bond donors (Lipinski definition) is 1. The molecule has 0 bridgehead atoms. The van der Waals surface area contributed by atoms with Gasteiger partial charge in [0.2, 0.25) is 0 Å². The van der Waals surface area contributed by atoms with Crippen LogP contribution in [0.1, 0.15) is 44.4 Å². The third-order valence-corrected chi connectivity index (χ3v) is 6.16. The molecule has 1 saturated carbocycles. The van der Waals surface area contributed by atoms with Gasteiger partial charge in [0.05, 0.1) is 0 Å². The third kappa shape index (κ3) is 2.81. The smallest absolute Gasteiger partial charge is 0.0471 e. The van der Waals surface area contributed by atoms with Crippen molar-refractivity contribution in [2.45, 2.75) is 44.9 Å². The number of ether oxygens (including phenoxy) is 1. The van der Waals surface area contributed by atoms with E-state index in [4.69, 9.17) is 4.74 Å². The van der Waals surface area contributed by atoms with Gasteiger partial charge in [0, 0.05) is 30.1 Å². The molecule has 1 spiro atoms. The zero-order valence-corrected chi connectivity index (χ0v) is 13.6. The van der Waals surface area contributed by atoms with Crippen molar-refractivity contribution in [1.82, 2.24) is 5.32 Å². The summed E-state index contributed by atoms with van der Waals surface area (Å²) < 4.78 is 5.56. The normalized spacial score (nSPS) is 23.9. The Hall–Kier alpha value is -0.380. The molecule has 2 heterocycles. The molecule has 0 amide bonds. The van der Waals surface area contributed by atoms with Crippen LogP contribution in [0.4, 0.5) is 0 Å².